The van der Waals surface area contributed by atoms with E-state index in [-0.39, 0.29) is 0 Å². The first-order valence-electron chi connectivity index (χ1n) is 14.5. The Bertz CT molecular complexity index is 457. The third-order valence-electron chi connectivity index (χ3n) is 7.40. The fraction of sp³-hybridized carbons (Fsp3) is 0.933. The van der Waals surface area contributed by atoms with E-state index >= 15 is 0 Å². The van der Waals surface area contributed by atoms with Crippen molar-refractivity contribution in [1.29, 1.82) is 0 Å². The Hall–Kier alpha value is -0.520. The molecule has 188 valence electrons. The quantitative estimate of drug-likeness (QED) is 0.155. The van der Waals surface area contributed by atoms with Crippen LogP contribution in [0.3, 0.4) is 0 Å². The van der Waals surface area contributed by atoms with Crippen LogP contribution in [0.5, 0.6) is 0 Å². The zero-order chi connectivity index (χ0) is 23.4. The van der Waals surface area contributed by atoms with Gasteiger partial charge in [0.2, 0.25) is 0 Å². The minimum atomic E-state index is 0.573. The molecule has 1 atom stereocenters. The summed E-state index contributed by atoms with van der Waals surface area (Å²) in [7, 11) is 2.39. The summed E-state index contributed by atoms with van der Waals surface area (Å²) in [4.78, 5) is 5.34. The second-order valence-electron chi connectivity index (χ2n) is 10.8. The van der Waals surface area contributed by atoms with Crippen molar-refractivity contribution in [2.75, 3.05) is 39.8 Å². The number of likely N-dealkylation sites (tertiary alicyclic amines) is 1. The fourth-order valence-corrected chi connectivity index (χ4v) is 5.36. The predicted octanol–water partition coefficient (Wildman–Crippen LogP) is 8.02. The number of unbranched alkanes of at least 4 members (excludes halogenated alkanes) is 6. The topological polar surface area (TPSA) is 6.48 Å². The van der Waals surface area contributed by atoms with Crippen LogP contribution in [0.25, 0.3) is 0 Å². The maximum Gasteiger partial charge on any atom is 0.0217 e. The molecule has 0 aromatic heterocycles. The zero-order valence-electron chi connectivity index (χ0n) is 22.8. The molecular formula is C30H58N2. The van der Waals surface area contributed by atoms with Crippen molar-refractivity contribution in [3.05, 3.63) is 0 Å². The SMILES string of the molecule is CCCCCCC(CCCCCC)CN(C)CC1CCN(CCC#CC(C)CCC)CC1. The van der Waals surface area contributed by atoms with Crippen LogP contribution < -0.4 is 0 Å². The molecule has 32 heavy (non-hydrogen) atoms. The van der Waals surface area contributed by atoms with Crippen LogP contribution in [-0.4, -0.2) is 49.6 Å². The van der Waals surface area contributed by atoms with Crippen LogP contribution in [-0.2, 0) is 0 Å². The van der Waals surface area contributed by atoms with Crippen LogP contribution in [0.15, 0.2) is 0 Å². The normalized spacial score (nSPS) is 16.5. The van der Waals surface area contributed by atoms with Gasteiger partial charge in [-0.15, -0.1) is 11.8 Å². The molecule has 2 heteroatoms. The number of hydrogen-bond donors (Lipinski definition) is 0. The summed E-state index contributed by atoms with van der Waals surface area (Å²) in [6.07, 6.45) is 20.5. The van der Waals surface area contributed by atoms with E-state index in [4.69, 9.17) is 0 Å². The molecule has 0 saturated carbocycles. The highest BCUT2D eigenvalue weighted by Crippen LogP contribution is 2.22. The highest BCUT2D eigenvalue weighted by atomic mass is 15.1. The number of piperidine rings is 1. The first-order chi connectivity index (χ1) is 15.6. The van der Waals surface area contributed by atoms with Crippen molar-refractivity contribution in [3.8, 4) is 11.8 Å². The van der Waals surface area contributed by atoms with Gasteiger partial charge >= 0.3 is 0 Å². The molecule has 0 spiro atoms. The maximum atomic E-state index is 3.44. The van der Waals surface area contributed by atoms with E-state index in [9.17, 15) is 0 Å². The van der Waals surface area contributed by atoms with Gasteiger partial charge in [0.1, 0.15) is 0 Å². The highest BCUT2D eigenvalue weighted by molar-refractivity contribution is 5.02. The molecule has 2 nitrogen and oxygen atoms in total. The van der Waals surface area contributed by atoms with Gasteiger partial charge in [-0.25, -0.2) is 0 Å². The number of nitrogens with zero attached hydrogens (tertiary/aromatic N) is 2. The van der Waals surface area contributed by atoms with Crippen molar-refractivity contribution < 1.29 is 0 Å². The average molecular weight is 447 g/mol. The Morgan fingerprint density at radius 2 is 1.47 bits per heavy atom. The van der Waals surface area contributed by atoms with E-state index < -0.39 is 0 Å². The second kappa shape index (κ2) is 19.9. The van der Waals surface area contributed by atoms with E-state index in [2.05, 4.69) is 56.4 Å². The summed E-state index contributed by atoms with van der Waals surface area (Å²) in [5, 5.41) is 0. The summed E-state index contributed by atoms with van der Waals surface area (Å²) < 4.78 is 0. The first-order valence-corrected chi connectivity index (χ1v) is 14.5. The Labute approximate surface area is 203 Å². The zero-order valence-corrected chi connectivity index (χ0v) is 22.8. The first kappa shape index (κ1) is 29.5. The Kier molecular flexibility index (Phi) is 18.4. The van der Waals surface area contributed by atoms with Crippen molar-refractivity contribution in [3.63, 3.8) is 0 Å². The molecule has 0 aliphatic carbocycles. The lowest BCUT2D eigenvalue weighted by Gasteiger charge is -2.34. The standard InChI is InChI=1S/C30H58N2/c1-6-9-11-13-19-29(20-14-12-10-7-2)26-31(5)27-30-21-24-32(25-22-30)23-16-15-18-28(4)17-8-3/h28-30H,6-14,16-17,19-27H2,1-5H3. The lowest BCUT2D eigenvalue weighted by molar-refractivity contribution is 0.145. The minimum Gasteiger partial charge on any atom is -0.306 e. The smallest absolute Gasteiger partial charge is 0.0217 e. The highest BCUT2D eigenvalue weighted by Gasteiger charge is 2.21. The largest absolute Gasteiger partial charge is 0.306 e. The molecule has 1 aliphatic rings. The molecule has 1 rings (SSSR count). The van der Waals surface area contributed by atoms with Crippen LogP contribution in [0.1, 0.15) is 124 Å². The molecule has 0 aromatic rings. The summed E-state index contributed by atoms with van der Waals surface area (Å²) in [5.41, 5.74) is 0. The average Bonchev–Trinajstić information content (AvgIpc) is 2.78. The third-order valence-corrected chi connectivity index (χ3v) is 7.40. The van der Waals surface area contributed by atoms with Crippen molar-refractivity contribution in [2.45, 2.75) is 124 Å². The molecule has 1 saturated heterocycles. The molecule has 0 amide bonds. The Morgan fingerprint density at radius 1 is 0.844 bits per heavy atom. The molecular weight excluding hydrogens is 388 g/mol. The molecule has 0 aromatic carbocycles. The molecule has 1 unspecified atom stereocenters. The summed E-state index contributed by atoms with van der Waals surface area (Å²) in [6.45, 7) is 15.5. The Balaban J connectivity index is 2.28. The van der Waals surface area contributed by atoms with Crippen molar-refractivity contribution >= 4 is 0 Å². The second-order valence-corrected chi connectivity index (χ2v) is 10.8. The number of rotatable bonds is 18. The van der Waals surface area contributed by atoms with Gasteiger partial charge in [-0.1, -0.05) is 85.5 Å². The van der Waals surface area contributed by atoms with Gasteiger partial charge in [-0.2, -0.15) is 0 Å². The van der Waals surface area contributed by atoms with Crippen LogP contribution in [0.4, 0.5) is 0 Å². The van der Waals surface area contributed by atoms with Gasteiger partial charge in [-0.3, -0.25) is 0 Å². The molecule has 0 radical (unpaired) electrons. The van der Waals surface area contributed by atoms with Crippen molar-refractivity contribution in [1.82, 2.24) is 9.80 Å². The number of hydrogen-bond acceptors (Lipinski definition) is 2. The monoisotopic (exact) mass is 446 g/mol. The fourth-order valence-electron chi connectivity index (χ4n) is 5.36. The summed E-state index contributed by atoms with van der Waals surface area (Å²) in [5.74, 6) is 9.25. The van der Waals surface area contributed by atoms with E-state index in [0.29, 0.717) is 5.92 Å². The van der Waals surface area contributed by atoms with E-state index in [0.717, 1.165) is 18.3 Å². The van der Waals surface area contributed by atoms with Gasteiger partial charge in [0.15, 0.2) is 0 Å². The van der Waals surface area contributed by atoms with Crippen molar-refractivity contribution in [2.24, 2.45) is 17.8 Å². The van der Waals surface area contributed by atoms with Gasteiger partial charge in [0.05, 0.1) is 0 Å². The molecule has 1 aliphatic heterocycles. The van der Waals surface area contributed by atoms with E-state index in [1.54, 1.807) is 0 Å². The van der Waals surface area contributed by atoms with Crippen LogP contribution in [0.2, 0.25) is 0 Å². The lowest BCUT2D eigenvalue weighted by Crippen LogP contribution is -2.39. The molecule has 0 bridgehead atoms. The van der Waals surface area contributed by atoms with E-state index in [1.165, 1.54) is 123 Å². The molecule has 1 heterocycles. The van der Waals surface area contributed by atoms with Gasteiger partial charge in [0, 0.05) is 32.0 Å². The molecule has 1 fully saturated rings. The van der Waals surface area contributed by atoms with Gasteiger partial charge in [-0.05, 0) is 64.1 Å². The Morgan fingerprint density at radius 3 is 2.03 bits per heavy atom. The summed E-state index contributed by atoms with van der Waals surface area (Å²) >= 11 is 0. The summed E-state index contributed by atoms with van der Waals surface area (Å²) in [6, 6.07) is 0. The lowest BCUT2D eigenvalue weighted by atomic mass is 9.92. The molecule has 0 N–H and O–H groups in total. The van der Waals surface area contributed by atoms with Gasteiger partial charge in [0.25, 0.3) is 0 Å². The van der Waals surface area contributed by atoms with Crippen LogP contribution in [0, 0.1) is 29.6 Å². The maximum absolute atomic E-state index is 3.44. The predicted molar refractivity (Wildman–Crippen MR) is 144 cm³/mol. The van der Waals surface area contributed by atoms with Gasteiger partial charge < -0.3 is 9.80 Å². The van der Waals surface area contributed by atoms with Crippen LogP contribution >= 0.6 is 0 Å². The minimum absolute atomic E-state index is 0.573. The third kappa shape index (κ3) is 15.3. The van der Waals surface area contributed by atoms with E-state index in [1.807, 2.05) is 0 Å².